The lowest BCUT2D eigenvalue weighted by molar-refractivity contribution is -0.155. The number of methoxy groups -OCH3 is 1. The molecule has 0 aromatic carbocycles. The van der Waals surface area contributed by atoms with Gasteiger partial charge in [-0.15, -0.1) is 0 Å². The summed E-state index contributed by atoms with van der Waals surface area (Å²) in [6.45, 7) is 12.6. The van der Waals surface area contributed by atoms with Crippen LogP contribution >= 0.6 is 0 Å². The third-order valence-electron chi connectivity index (χ3n) is 9.21. The van der Waals surface area contributed by atoms with Crippen LogP contribution < -0.4 is 0 Å². The molecule has 2 aliphatic carbocycles. The highest BCUT2D eigenvalue weighted by atomic mass is 16.6. The van der Waals surface area contributed by atoms with Crippen molar-refractivity contribution in [1.29, 1.82) is 0 Å². The normalized spacial score (nSPS) is 40.6. The summed E-state index contributed by atoms with van der Waals surface area (Å²) in [5.41, 5.74) is 0.591. The SMILES string of the molecule is C=C1C2=CC(=O)O[C@@H](c3ccoc3)[C@]2(C)CC[C@@H]1[C@@]1(C)C(=O)[C@H]2O[C@H]2C(C)(C)[C@@H]1CC(=O)OC. The molecule has 34 heavy (non-hydrogen) atoms. The maximum atomic E-state index is 13.8. The minimum absolute atomic E-state index is 0.0193. The van der Waals surface area contributed by atoms with E-state index in [1.807, 2.05) is 13.0 Å². The number of epoxide rings is 1. The van der Waals surface area contributed by atoms with Crippen molar-refractivity contribution in [2.75, 3.05) is 7.11 Å². The number of hydrogen-bond acceptors (Lipinski definition) is 7. The Hall–Kier alpha value is -2.67. The summed E-state index contributed by atoms with van der Waals surface area (Å²) >= 11 is 0. The van der Waals surface area contributed by atoms with Crippen molar-refractivity contribution < 1.29 is 33.0 Å². The van der Waals surface area contributed by atoms with E-state index in [1.54, 1.807) is 12.5 Å². The molecule has 0 radical (unpaired) electrons. The summed E-state index contributed by atoms with van der Waals surface area (Å²) in [5, 5.41) is 0. The number of carbonyl (C=O) groups excluding carboxylic acids is 3. The zero-order chi connectivity index (χ0) is 24.6. The highest BCUT2D eigenvalue weighted by molar-refractivity contribution is 5.94. The van der Waals surface area contributed by atoms with Gasteiger partial charge < -0.3 is 18.6 Å². The maximum Gasteiger partial charge on any atom is 0.331 e. The van der Waals surface area contributed by atoms with Gasteiger partial charge in [-0.25, -0.2) is 4.79 Å². The summed E-state index contributed by atoms with van der Waals surface area (Å²) < 4.78 is 21.9. The molecule has 0 N–H and O–H groups in total. The molecular formula is C27H32O7. The topological polar surface area (TPSA) is 95.3 Å². The van der Waals surface area contributed by atoms with Gasteiger partial charge in [0.2, 0.25) is 0 Å². The minimum atomic E-state index is -0.888. The molecule has 0 amide bonds. The molecule has 7 nitrogen and oxygen atoms in total. The molecule has 2 aliphatic heterocycles. The summed E-state index contributed by atoms with van der Waals surface area (Å²) in [6.07, 6.45) is 5.03. The van der Waals surface area contributed by atoms with Crippen LogP contribution in [0.3, 0.4) is 0 Å². The van der Waals surface area contributed by atoms with Crippen LogP contribution in [-0.4, -0.2) is 37.0 Å². The average molecular weight is 469 g/mol. The molecule has 0 bridgehead atoms. The summed E-state index contributed by atoms with van der Waals surface area (Å²) in [7, 11) is 1.37. The van der Waals surface area contributed by atoms with Crippen LogP contribution in [0, 0.1) is 28.1 Å². The maximum absolute atomic E-state index is 13.8. The Morgan fingerprint density at radius 1 is 1.24 bits per heavy atom. The van der Waals surface area contributed by atoms with Crippen LogP contribution in [0.4, 0.5) is 0 Å². The van der Waals surface area contributed by atoms with Crippen molar-refractivity contribution in [2.24, 2.45) is 28.1 Å². The lowest BCUT2D eigenvalue weighted by atomic mass is 9.46. The molecule has 0 unspecified atom stereocenters. The van der Waals surface area contributed by atoms with Gasteiger partial charge in [-0.05, 0) is 47.3 Å². The molecule has 5 rings (SSSR count). The van der Waals surface area contributed by atoms with Crippen LogP contribution in [-0.2, 0) is 28.6 Å². The van der Waals surface area contributed by atoms with Gasteiger partial charge in [0.15, 0.2) is 5.78 Å². The standard InChI is InChI=1S/C27H32O7/c1-14-16(7-9-26(4)17(14)11-20(29)33-23(26)15-8-10-32-13-15)27(5)18(12-19(28)31-6)25(2,3)24-21(34-24)22(27)30/h8,10-11,13,16,18,21,23-24H,1,7,9,12H2,2-6H3/t16-,18-,21+,23-,24+,26+,27+/m0/s1. The molecule has 1 aromatic heterocycles. The number of fused-ring (bicyclic) bond motifs is 2. The van der Waals surface area contributed by atoms with Crippen molar-refractivity contribution in [2.45, 2.75) is 65.3 Å². The van der Waals surface area contributed by atoms with Crippen LogP contribution in [0.15, 0.2) is 46.8 Å². The molecule has 7 atom stereocenters. The number of allylic oxidation sites excluding steroid dienone is 1. The largest absolute Gasteiger partial charge is 0.472 e. The first-order valence-electron chi connectivity index (χ1n) is 11.9. The molecule has 1 saturated heterocycles. The van der Waals surface area contributed by atoms with Gasteiger partial charge in [0.1, 0.15) is 12.2 Å². The predicted octanol–water partition coefficient (Wildman–Crippen LogP) is 4.34. The van der Waals surface area contributed by atoms with Crippen LogP contribution in [0.2, 0.25) is 0 Å². The molecule has 3 fully saturated rings. The zero-order valence-corrected chi connectivity index (χ0v) is 20.4. The Bertz CT molecular complexity index is 1100. The molecule has 2 saturated carbocycles. The Morgan fingerprint density at radius 2 is 1.97 bits per heavy atom. The fourth-order valence-electron chi connectivity index (χ4n) is 7.22. The Morgan fingerprint density at radius 3 is 2.62 bits per heavy atom. The van der Waals surface area contributed by atoms with E-state index in [0.717, 1.165) is 16.7 Å². The highest BCUT2D eigenvalue weighted by Crippen LogP contribution is 2.66. The molecule has 7 heteroatoms. The number of rotatable bonds is 4. The van der Waals surface area contributed by atoms with E-state index in [0.29, 0.717) is 12.8 Å². The van der Waals surface area contributed by atoms with Gasteiger partial charge in [-0.2, -0.15) is 0 Å². The van der Waals surface area contributed by atoms with Gasteiger partial charge in [0.05, 0.1) is 25.7 Å². The zero-order valence-electron chi connectivity index (χ0n) is 20.4. The third-order valence-corrected chi connectivity index (χ3v) is 9.21. The fourth-order valence-corrected chi connectivity index (χ4v) is 7.22. The van der Waals surface area contributed by atoms with E-state index in [4.69, 9.17) is 18.6 Å². The fraction of sp³-hybridized carbons (Fsp3) is 0.593. The quantitative estimate of drug-likeness (QED) is 0.479. The third kappa shape index (κ3) is 3.02. The number of ether oxygens (including phenoxy) is 3. The molecule has 3 heterocycles. The molecular weight excluding hydrogens is 436 g/mol. The molecule has 0 spiro atoms. The van der Waals surface area contributed by atoms with E-state index >= 15 is 0 Å². The van der Waals surface area contributed by atoms with E-state index in [2.05, 4.69) is 27.4 Å². The van der Waals surface area contributed by atoms with Crippen LogP contribution in [0.5, 0.6) is 0 Å². The molecule has 1 aromatic rings. The monoisotopic (exact) mass is 468 g/mol. The number of furan rings is 1. The van der Waals surface area contributed by atoms with Gasteiger partial charge in [-0.1, -0.05) is 34.3 Å². The second-order valence-electron chi connectivity index (χ2n) is 11.2. The minimum Gasteiger partial charge on any atom is -0.472 e. The average Bonchev–Trinajstić information content (AvgIpc) is 3.44. The number of hydrogen-bond donors (Lipinski definition) is 0. The number of cyclic esters (lactones) is 1. The van der Waals surface area contributed by atoms with Gasteiger partial charge in [-0.3, -0.25) is 9.59 Å². The molecule has 4 aliphatic rings. The number of carbonyl (C=O) groups is 3. The van der Waals surface area contributed by atoms with Crippen molar-refractivity contribution in [3.05, 3.63) is 48.0 Å². The number of Topliss-reactive ketones (excluding diaryl/α,β-unsaturated/α-hetero) is 1. The Kier molecular flexibility index (Phi) is 5.03. The predicted molar refractivity (Wildman–Crippen MR) is 121 cm³/mol. The number of ketones is 1. The van der Waals surface area contributed by atoms with Crippen LogP contribution in [0.1, 0.15) is 58.6 Å². The molecule has 182 valence electrons. The van der Waals surface area contributed by atoms with Crippen molar-refractivity contribution in [3.63, 3.8) is 0 Å². The summed E-state index contributed by atoms with van der Waals surface area (Å²) in [5.74, 6) is -1.30. The first-order chi connectivity index (χ1) is 16.0. The van der Waals surface area contributed by atoms with Crippen molar-refractivity contribution in [1.82, 2.24) is 0 Å². The van der Waals surface area contributed by atoms with E-state index in [9.17, 15) is 14.4 Å². The van der Waals surface area contributed by atoms with Gasteiger partial charge in [0, 0.05) is 28.9 Å². The van der Waals surface area contributed by atoms with Crippen LogP contribution in [0.25, 0.3) is 0 Å². The van der Waals surface area contributed by atoms with Gasteiger partial charge in [0.25, 0.3) is 0 Å². The highest BCUT2D eigenvalue weighted by Gasteiger charge is 2.71. The van der Waals surface area contributed by atoms with E-state index in [-0.39, 0.29) is 36.1 Å². The first-order valence-corrected chi connectivity index (χ1v) is 11.9. The summed E-state index contributed by atoms with van der Waals surface area (Å²) in [6, 6.07) is 1.81. The summed E-state index contributed by atoms with van der Waals surface area (Å²) in [4.78, 5) is 38.9. The lowest BCUT2D eigenvalue weighted by Gasteiger charge is -2.55. The van der Waals surface area contributed by atoms with E-state index < -0.39 is 34.4 Å². The van der Waals surface area contributed by atoms with E-state index in [1.165, 1.54) is 13.2 Å². The van der Waals surface area contributed by atoms with Crippen molar-refractivity contribution >= 4 is 17.7 Å². The second-order valence-corrected chi connectivity index (χ2v) is 11.2. The Labute approximate surface area is 199 Å². The smallest absolute Gasteiger partial charge is 0.331 e. The Balaban J connectivity index is 1.56. The number of esters is 2. The van der Waals surface area contributed by atoms with Gasteiger partial charge >= 0.3 is 11.9 Å². The lowest BCUT2D eigenvalue weighted by Crippen LogP contribution is -2.58. The second kappa shape index (κ2) is 7.41. The first kappa shape index (κ1) is 23.1. The van der Waals surface area contributed by atoms with Crippen molar-refractivity contribution in [3.8, 4) is 0 Å².